The van der Waals surface area contributed by atoms with Crippen molar-refractivity contribution in [1.29, 1.82) is 0 Å². The smallest absolute Gasteiger partial charge is 0.276 e. The van der Waals surface area contributed by atoms with Crippen LogP contribution in [0.4, 0.5) is 5.69 Å². The number of carbonyl (C=O) groups excluding carboxylic acids is 1. The van der Waals surface area contributed by atoms with E-state index >= 15 is 0 Å². The van der Waals surface area contributed by atoms with Crippen molar-refractivity contribution in [2.75, 3.05) is 19.5 Å². The molecule has 1 aromatic heterocycles. The molecule has 0 spiro atoms. The van der Waals surface area contributed by atoms with E-state index in [9.17, 15) is 4.79 Å². The van der Waals surface area contributed by atoms with E-state index in [-0.39, 0.29) is 5.91 Å². The Bertz CT molecular complexity index is 722. The summed E-state index contributed by atoms with van der Waals surface area (Å²) in [6.07, 6.45) is 2.96. The number of methoxy groups -OCH3 is 2. The fraction of sp³-hybridized carbons (Fsp3) is 0.375. The average Bonchev–Trinajstić information content (AvgIpc) is 3.11. The van der Waals surface area contributed by atoms with Crippen molar-refractivity contribution in [2.24, 2.45) is 7.05 Å². The zero-order chi connectivity index (χ0) is 15.7. The highest BCUT2D eigenvalue weighted by atomic mass is 16.5. The Balaban J connectivity index is 1.90. The molecule has 0 aliphatic heterocycles. The van der Waals surface area contributed by atoms with Gasteiger partial charge in [0.1, 0.15) is 11.5 Å². The summed E-state index contributed by atoms with van der Waals surface area (Å²) >= 11 is 0. The number of aromatic nitrogens is 2. The molecule has 0 bridgehead atoms. The number of nitrogens with zero attached hydrogens (tertiary/aromatic N) is 2. The van der Waals surface area contributed by atoms with E-state index in [0.29, 0.717) is 22.9 Å². The summed E-state index contributed by atoms with van der Waals surface area (Å²) in [4.78, 5) is 12.6. The van der Waals surface area contributed by atoms with Gasteiger partial charge in [-0.3, -0.25) is 9.48 Å². The Morgan fingerprint density at radius 1 is 1.27 bits per heavy atom. The standard InChI is InChI=1S/C16H19N3O3/c1-19-13-6-4-5-11(13)15(18-19)16(20)17-12-9-10(21-2)7-8-14(12)22-3/h7-9H,4-6H2,1-3H3,(H,17,20). The van der Waals surface area contributed by atoms with Gasteiger partial charge in [-0.25, -0.2) is 0 Å². The van der Waals surface area contributed by atoms with Gasteiger partial charge in [-0.2, -0.15) is 5.10 Å². The van der Waals surface area contributed by atoms with Gasteiger partial charge in [0, 0.05) is 24.4 Å². The lowest BCUT2D eigenvalue weighted by molar-refractivity contribution is 0.102. The van der Waals surface area contributed by atoms with Gasteiger partial charge in [0.25, 0.3) is 5.91 Å². The number of rotatable bonds is 4. The van der Waals surface area contributed by atoms with Crippen LogP contribution in [-0.2, 0) is 19.9 Å². The highest BCUT2D eigenvalue weighted by Gasteiger charge is 2.25. The fourth-order valence-electron chi connectivity index (χ4n) is 2.89. The molecule has 1 aliphatic carbocycles. The van der Waals surface area contributed by atoms with E-state index in [4.69, 9.17) is 9.47 Å². The summed E-state index contributed by atoms with van der Waals surface area (Å²) in [5.74, 6) is 1.02. The van der Waals surface area contributed by atoms with Crippen LogP contribution in [0.15, 0.2) is 18.2 Å². The molecule has 6 nitrogen and oxygen atoms in total. The predicted octanol–water partition coefficient (Wildman–Crippen LogP) is 2.18. The number of hydrogen-bond acceptors (Lipinski definition) is 4. The number of benzene rings is 1. The minimum atomic E-state index is -0.217. The minimum absolute atomic E-state index is 0.217. The van der Waals surface area contributed by atoms with E-state index in [2.05, 4.69) is 10.4 Å². The van der Waals surface area contributed by atoms with Crippen LogP contribution in [0.3, 0.4) is 0 Å². The van der Waals surface area contributed by atoms with Crippen LogP contribution in [0, 0.1) is 0 Å². The first-order valence-corrected chi connectivity index (χ1v) is 7.22. The van der Waals surface area contributed by atoms with Gasteiger partial charge in [0.15, 0.2) is 5.69 Å². The summed E-state index contributed by atoms with van der Waals surface area (Å²) < 4.78 is 12.3. The van der Waals surface area contributed by atoms with Crippen LogP contribution in [0.2, 0.25) is 0 Å². The van der Waals surface area contributed by atoms with Crippen LogP contribution in [-0.4, -0.2) is 29.9 Å². The monoisotopic (exact) mass is 301 g/mol. The number of nitrogens with one attached hydrogen (secondary N) is 1. The summed E-state index contributed by atoms with van der Waals surface area (Å²) in [7, 11) is 5.03. The molecular weight excluding hydrogens is 282 g/mol. The van der Waals surface area contributed by atoms with Crippen molar-refractivity contribution in [1.82, 2.24) is 9.78 Å². The molecule has 2 aromatic rings. The summed E-state index contributed by atoms with van der Waals surface area (Å²) in [5.41, 5.74) is 3.29. The second-order valence-corrected chi connectivity index (χ2v) is 5.27. The molecule has 1 aromatic carbocycles. The molecule has 1 N–H and O–H groups in total. The van der Waals surface area contributed by atoms with Crippen molar-refractivity contribution < 1.29 is 14.3 Å². The van der Waals surface area contributed by atoms with E-state index in [1.54, 1.807) is 37.1 Å². The summed E-state index contributed by atoms with van der Waals surface area (Å²) in [5, 5.41) is 7.23. The van der Waals surface area contributed by atoms with Crippen molar-refractivity contribution >= 4 is 11.6 Å². The zero-order valence-electron chi connectivity index (χ0n) is 13.0. The molecule has 0 saturated carbocycles. The lowest BCUT2D eigenvalue weighted by Crippen LogP contribution is -2.15. The molecule has 3 rings (SSSR count). The molecule has 6 heteroatoms. The SMILES string of the molecule is COc1ccc(OC)c(NC(=O)c2nn(C)c3c2CCC3)c1. The number of anilines is 1. The van der Waals surface area contributed by atoms with Crippen molar-refractivity contribution in [3.8, 4) is 11.5 Å². The van der Waals surface area contributed by atoms with Gasteiger partial charge in [0.2, 0.25) is 0 Å². The number of amides is 1. The third kappa shape index (κ3) is 2.41. The molecule has 1 heterocycles. The Kier molecular flexibility index (Phi) is 3.75. The maximum Gasteiger partial charge on any atom is 0.276 e. The first-order chi connectivity index (χ1) is 10.6. The minimum Gasteiger partial charge on any atom is -0.497 e. The Labute approximate surface area is 129 Å². The fourth-order valence-corrected chi connectivity index (χ4v) is 2.89. The molecule has 0 fully saturated rings. The van der Waals surface area contributed by atoms with E-state index in [1.165, 1.54) is 0 Å². The third-order valence-corrected chi connectivity index (χ3v) is 3.99. The van der Waals surface area contributed by atoms with Crippen LogP contribution in [0.1, 0.15) is 28.2 Å². The van der Waals surface area contributed by atoms with Crippen molar-refractivity contribution in [3.63, 3.8) is 0 Å². The highest BCUT2D eigenvalue weighted by Crippen LogP contribution is 2.30. The van der Waals surface area contributed by atoms with Crippen LogP contribution >= 0.6 is 0 Å². The summed E-state index contributed by atoms with van der Waals surface area (Å²) in [6.45, 7) is 0. The molecule has 0 atom stereocenters. The average molecular weight is 301 g/mol. The second kappa shape index (κ2) is 5.71. The summed E-state index contributed by atoms with van der Waals surface area (Å²) in [6, 6.07) is 5.28. The topological polar surface area (TPSA) is 65.4 Å². The number of ether oxygens (including phenoxy) is 2. The zero-order valence-corrected chi connectivity index (χ0v) is 13.0. The van der Waals surface area contributed by atoms with Gasteiger partial charge in [-0.05, 0) is 31.4 Å². The van der Waals surface area contributed by atoms with Gasteiger partial charge in [0.05, 0.1) is 19.9 Å². The van der Waals surface area contributed by atoms with E-state index in [1.807, 2.05) is 7.05 Å². The normalized spacial score (nSPS) is 12.9. The predicted molar refractivity (Wildman–Crippen MR) is 82.7 cm³/mol. The van der Waals surface area contributed by atoms with Gasteiger partial charge >= 0.3 is 0 Å². The number of aryl methyl sites for hydroxylation is 1. The molecular formula is C16H19N3O3. The number of hydrogen-bond donors (Lipinski definition) is 1. The van der Waals surface area contributed by atoms with Gasteiger partial charge in [-0.1, -0.05) is 0 Å². The molecule has 0 saturated heterocycles. The van der Waals surface area contributed by atoms with Gasteiger partial charge < -0.3 is 14.8 Å². The van der Waals surface area contributed by atoms with Crippen LogP contribution in [0.25, 0.3) is 0 Å². The maximum absolute atomic E-state index is 12.6. The molecule has 1 amide bonds. The molecule has 0 unspecified atom stereocenters. The third-order valence-electron chi connectivity index (χ3n) is 3.99. The largest absolute Gasteiger partial charge is 0.497 e. The lowest BCUT2D eigenvalue weighted by atomic mass is 10.2. The van der Waals surface area contributed by atoms with E-state index in [0.717, 1.165) is 30.5 Å². The number of carbonyl (C=O) groups is 1. The first kappa shape index (κ1) is 14.4. The van der Waals surface area contributed by atoms with Crippen LogP contribution < -0.4 is 14.8 Å². The molecule has 1 aliphatic rings. The van der Waals surface area contributed by atoms with Gasteiger partial charge in [-0.15, -0.1) is 0 Å². The Morgan fingerprint density at radius 2 is 2.09 bits per heavy atom. The van der Waals surface area contributed by atoms with Crippen molar-refractivity contribution in [2.45, 2.75) is 19.3 Å². The molecule has 116 valence electrons. The maximum atomic E-state index is 12.6. The Hall–Kier alpha value is -2.50. The Morgan fingerprint density at radius 3 is 2.82 bits per heavy atom. The van der Waals surface area contributed by atoms with E-state index < -0.39 is 0 Å². The van der Waals surface area contributed by atoms with Crippen LogP contribution in [0.5, 0.6) is 11.5 Å². The molecule has 22 heavy (non-hydrogen) atoms. The number of fused-ring (bicyclic) bond motifs is 1. The highest BCUT2D eigenvalue weighted by molar-refractivity contribution is 6.05. The quantitative estimate of drug-likeness (QED) is 0.940. The first-order valence-electron chi connectivity index (χ1n) is 7.22. The second-order valence-electron chi connectivity index (χ2n) is 5.27. The lowest BCUT2D eigenvalue weighted by Gasteiger charge is -2.11. The molecule has 0 radical (unpaired) electrons. The van der Waals surface area contributed by atoms with Crippen molar-refractivity contribution in [3.05, 3.63) is 35.2 Å².